The predicted molar refractivity (Wildman–Crippen MR) is 91.6 cm³/mol. The molecule has 0 radical (unpaired) electrons. The molecule has 3 N–H and O–H groups in total. The number of carbonyl (C=O) groups is 1. The first-order chi connectivity index (χ1) is 9.70. The zero-order valence-corrected chi connectivity index (χ0v) is 14.4. The second-order valence-corrected chi connectivity index (χ2v) is 5.31. The van der Waals surface area contributed by atoms with E-state index in [0.29, 0.717) is 13.0 Å². The van der Waals surface area contributed by atoms with Gasteiger partial charge >= 0.3 is 0 Å². The highest BCUT2D eigenvalue weighted by Crippen LogP contribution is 2.25. The molecule has 3 atom stereocenters. The number of aromatic nitrogens is 1. The van der Waals surface area contributed by atoms with Crippen molar-refractivity contribution in [3.8, 4) is 0 Å². The average Bonchev–Trinajstić information content (AvgIpc) is 2.48. The highest BCUT2D eigenvalue weighted by atomic mass is 35.5. The highest BCUT2D eigenvalue weighted by Gasteiger charge is 2.31. The first-order valence-corrected chi connectivity index (χ1v) is 7.16. The van der Waals surface area contributed by atoms with E-state index in [0.717, 1.165) is 25.0 Å². The third kappa shape index (κ3) is 6.08. The Balaban J connectivity index is 0.00000220. The summed E-state index contributed by atoms with van der Waals surface area (Å²) in [5.41, 5.74) is 7.02. The molecule has 1 saturated carbocycles. The first kappa shape index (κ1) is 21.1. The molecule has 0 aromatic carbocycles. The number of pyridine rings is 1. The van der Waals surface area contributed by atoms with E-state index in [4.69, 9.17) is 10.5 Å². The van der Waals surface area contributed by atoms with Gasteiger partial charge in [-0.3, -0.25) is 9.78 Å². The van der Waals surface area contributed by atoms with Crippen LogP contribution in [0.15, 0.2) is 24.4 Å². The molecule has 5 nitrogen and oxygen atoms in total. The van der Waals surface area contributed by atoms with Crippen LogP contribution >= 0.6 is 24.8 Å². The molecular weight excluding hydrogens is 325 g/mol. The van der Waals surface area contributed by atoms with Gasteiger partial charge in [0.15, 0.2) is 0 Å². The summed E-state index contributed by atoms with van der Waals surface area (Å²) < 4.78 is 5.31. The van der Waals surface area contributed by atoms with Crippen molar-refractivity contribution in [3.05, 3.63) is 30.1 Å². The summed E-state index contributed by atoms with van der Waals surface area (Å²) in [6.45, 7) is 0.620. The minimum Gasteiger partial charge on any atom is -0.380 e. The van der Waals surface area contributed by atoms with E-state index in [1.165, 1.54) is 0 Å². The molecule has 1 aromatic rings. The second kappa shape index (κ2) is 10.8. The van der Waals surface area contributed by atoms with Gasteiger partial charge in [-0.2, -0.15) is 0 Å². The number of hydrogen-bond donors (Lipinski definition) is 2. The monoisotopic (exact) mass is 349 g/mol. The van der Waals surface area contributed by atoms with E-state index >= 15 is 0 Å². The maximum atomic E-state index is 12.1. The van der Waals surface area contributed by atoms with Crippen LogP contribution in [0.5, 0.6) is 0 Å². The van der Waals surface area contributed by atoms with Gasteiger partial charge in [0, 0.05) is 43.9 Å². The smallest absolute Gasteiger partial charge is 0.223 e. The standard InChI is InChI=1S/C15H23N3O2.2ClH/c1-20-14-6-5-11(10-13(14)16)15(19)18-9-7-12-4-2-3-8-17-12;;/h2-4,8,11,13-14H,5-7,9-10,16H2,1H3,(H,18,19);2*1H/t11-,13+,14+;;/m0../s1. The molecule has 2 rings (SSSR count). The van der Waals surface area contributed by atoms with Crippen LogP contribution in [0.25, 0.3) is 0 Å². The quantitative estimate of drug-likeness (QED) is 0.848. The number of carbonyl (C=O) groups excluding carboxylic acids is 1. The first-order valence-electron chi connectivity index (χ1n) is 7.16. The van der Waals surface area contributed by atoms with Gasteiger partial charge in [0.25, 0.3) is 0 Å². The Morgan fingerprint density at radius 1 is 1.41 bits per heavy atom. The largest absolute Gasteiger partial charge is 0.380 e. The van der Waals surface area contributed by atoms with Crippen molar-refractivity contribution in [1.29, 1.82) is 0 Å². The van der Waals surface area contributed by atoms with Crippen LogP contribution in [0.1, 0.15) is 25.0 Å². The van der Waals surface area contributed by atoms with Crippen LogP contribution in [-0.2, 0) is 16.0 Å². The van der Waals surface area contributed by atoms with Gasteiger partial charge < -0.3 is 15.8 Å². The maximum Gasteiger partial charge on any atom is 0.223 e. The normalized spacial score (nSPS) is 23.8. The molecule has 1 aromatic heterocycles. The van der Waals surface area contributed by atoms with Crippen molar-refractivity contribution in [1.82, 2.24) is 10.3 Å². The predicted octanol–water partition coefficient (Wildman–Crippen LogP) is 1.73. The third-order valence-electron chi connectivity index (χ3n) is 3.91. The summed E-state index contributed by atoms with van der Waals surface area (Å²) in [5, 5.41) is 2.98. The molecule has 1 heterocycles. The number of halogens is 2. The fourth-order valence-electron chi connectivity index (χ4n) is 2.71. The summed E-state index contributed by atoms with van der Waals surface area (Å²) in [6.07, 6.45) is 5.02. The maximum absolute atomic E-state index is 12.1. The van der Waals surface area contributed by atoms with Crippen molar-refractivity contribution in [2.45, 2.75) is 37.8 Å². The third-order valence-corrected chi connectivity index (χ3v) is 3.91. The summed E-state index contributed by atoms with van der Waals surface area (Å²) in [5.74, 6) is 0.117. The van der Waals surface area contributed by atoms with Crippen LogP contribution in [-0.4, -0.2) is 36.7 Å². The van der Waals surface area contributed by atoms with Gasteiger partial charge in [0.2, 0.25) is 5.91 Å². The lowest BCUT2D eigenvalue weighted by Gasteiger charge is -2.32. The molecule has 1 aliphatic carbocycles. The summed E-state index contributed by atoms with van der Waals surface area (Å²) in [4.78, 5) is 16.3. The van der Waals surface area contributed by atoms with E-state index in [1.807, 2.05) is 18.2 Å². The Kier molecular flexibility index (Phi) is 10.3. The molecule has 22 heavy (non-hydrogen) atoms. The Labute approximate surface area is 144 Å². The number of nitrogens with two attached hydrogens (primary N) is 1. The number of amides is 1. The number of nitrogens with zero attached hydrogens (tertiary/aromatic N) is 1. The summed E-state index contributed by atoms with van der Waals surface area (Å²) in [6, 6.07) is 5.76. The van der Waals surface area contributed by atoms with Gasteiger partial charge in [0.1, 0.15) is 0 Å². The molecule has 0 unspecified atom stereocenters. The lowest BCUT2D eigenvalue weighted by molar-refractivity contribution is -0.127. The minimum absolute atomic E-state index is 0. The van der Waals surface area contributed by atoms with Gasteiger partial charge in [-0.1, -0.05) is 6.07 Å². The van der Waals surface area contributed by atoms with Crippen LogP contribution in [0.4, 0.5) is 0 Å². The number of ether oxygens (including phenoxy) is 1. The molecule has 0 spiro atoms. The number of methoxy groups -OCH3 is 1. The average molecular weight is 350 g/mol. The molecule has 7 heteroatoms. The van der Waals surface area contributed by atoms with E-state index < -0.39 is 0 Å². The molecule has 1 amide bonds. The van der Waals surface area contributed by atoms with Crippen LogP contribution < -0.4 is 11.1 Å². The van der Waals surface area contributed by atoms with E-state index in [9.17, 15) is 4.79 Å². The Bertz CT molecular complexity index is 434. The lowest BCUT2D eigenvalue weighted by Crippen LogP contribution is -2.45. The number of hydrogen-bond acceptors (Lipinski definition) is 4. The van der Waals surface area contributed by atoms with Gasteiger partial charge in [-0.15, -0.1) is 24.8 Å². The minimum atomic E-state index is -0.0414. The Hall–Kier alpha value is -0.880. The topological polar surface area (TPSA) is 77.2 Å². The second-order valence-electron chi connectivity index (χ2n) is 5.31. The van der Waals surface area contributed by atoms with Crippen molar-refractivity contribution >= 4 is 30.7 Å². The fourth-order valence-corrected chi connectivity index (χ4v) is 2.71. The van der Waals surface area contributed by atoms with Crippen molar-refractivity contribution < 1.29 is 9.53 Å². The van der Waals surface area contributed by atoms with Crippen molar-refractivity contribution in [3.63, 3.8) is 0 Å². The molecule has 1 fully saturated rings. The van der Waals surface area contributed by atoms with Crippen LogP contribution in [0.2, 0.25) is 0 Å². The number of rotatable bonds is 5. The summed E-state index contributed by atoms with van der Waals surface area (Å²) >= 11 is 0. The zero-order valence-electron chi connectivity index (χ0n) is 12.7. The SMILES string of the molecule is CO[C@@H]1CC[C@H](C(=O)NCCc2ccccn2)C[C@H]1N.Cl.Cl. The van der Waals surface area contributed by atoms with Crippen LogP contribution in [0, 0.1) is 5.92 Å². The van der Waals surface area contributed by atoms with E-state index in [-0.39, 0.29) is 48.8 Å². The molecule has 126 valence electrons. The molecule has 0 aliphatic heterocycles. The van der Waals surface area contributed by atoms with E-state index in [1.54, 1.807) is 13.3 Å². The van der Waals surface area contributed by atoms with Gasteiger partial charge in [-0.25, -0.2) is 0 Å². The molecule has 1 aliphatic rings. The fraction of sp³-hybridized carbons (Fsp3) is 0.600. The highest BCUT2D eigenvalue weighted by molar-refractivity contribution is 5.85. The number of nitrogens with one attached hydrogen (secondary N) is 1. The zero-order chi connectivity index (χ0) is 14.4. The van der Waals surface area contributed by atoms with Gasteiger partial charge in [0.05, 0.1) is 6.10 Å². The molecule has 0 saturated heterocycles. The van der Waals surface area contributed by atoms with Crippen molar-refractivity contribution in [2.24, 2.45) is 11.7 Å². The van der Waals surface area contributed by atoms with E-state index in [2.05, 4.69) is 10.3 Å². The Morgan fingerprint density at radius 3 is 2.77 bits per heavy atom. The summed E-state index contributed by atoms with van der Waals surface area (Å²) in [7, 11) is 1.68. The van der Waals surface area contributed by atoms with Crippen molar-refractivity contribution in [2.75, 3.05) is 13.7 Å². The molecule has 0 bridgehead atoms. The lowest BCUT2D eigenvalue weighted by atomic mass is 9.83. The van der Waals surface area contributed by atoms with Crippen LogP contribution in [0.3, 0.4) is 0 Å². The Morgan fingerprint density at radius 2 is 2.18 bits per heavy atom. The molecular formula is C15H25Cl2N3O2. The van der Waals surface area contributed by atoms with Gasteiger partial charge in [-0.05, 0) is 31.4 Å².